The number of hydrogen-bond acceptors (Lipinski definition) is 12. The third-order valence-corrected chi connectivity index (χ3v) is 6.56. The highest BCUT2D eigenvalue weighted by Crippen LogP contribution is 2.35. The van der Waals surface area contributed by atoms with Crippen molar-refractivity contribution in [2.75, 3.05) is 13.7 Å². The van der Waals surface area contributed by atoms with Crippen molar-refractivity contribution in [3.8, 4) is 0 Å². The molecule has 1 aliphatic heterocycles. The fourth-order valence-corrected chi connectivity index (χ4v) is 3.66. The van der Waals surface area contributed by atoms with Gasteiger partial charge >= 0.3 is 41.9 Å². The summed E-state index contributed by atoms with van der Waals surface area (Å²) >= 11 is 0. The Kier molecular flexibility index (Phi) is 13.1. The van der Waals surface area contributed by atoms with E-state index in [1.807, 2.05) is 0 Å². The lowest BCUT2D eigenvalue weighted by Crippen LogP contribution is -2.69. The number of alkyl halides is 3. The molecule has 0 saturated carbocycles. The van der Waals surface area contributed by atoms with Crippen molar-refractivity contribution in [1.29, 1.82) is 0 Å². The number of halogens is 3. The van der Waals surface area contributed by atoms with Gasteiger partial charge in [0.25, 0.3) is 0 Å². The van der Waals surface area contributed by atoms with Crippen LogP contribution in [0.25, 0.3) is 0 Å². The summed E-state index contributed by atoms with van der Waals surface area (Å²) in [6.07, 6.45) is -14.8. The summed E-state index contributed by atoms with van der Waals surface area (Å²) in [4.78, 5) is 77.7. The Hall–Kier alpha value is -3.43. The van der Waals surface area contributed by atoms with E-state index in [9.17, 15) is 41.9 Å². The average Bonchev–Trinajstić information content (AvgIpc) is 2.89. The Balaban J connectivity index is 4.09. The first-order chi connectivity index (χ1) is 20.9. The number of methoxy groups -OCH3 is 1. The Bertz CT molecular complexity index is 1190. The number of nitrogens with one attached hydrogen (secondary N) is 1. The zero-order valence-electron chi connectivity index (χ0n) is 29.2. The van der Waals surface area contributed by atoms with Gasteiger partial charge in [-0.25, -0.2) is 4.79 Å². The lowest BCUT2D eigenvalue weighted by atomic mass is 9.88. The van der Waals surface area contributed by atoms with Crippen LogP contribution in [0.15, 0.2) is 0 Å². The van der Waals surface area contributed by atoms with Gasteiger partial charge in [0.1, 0.15) is 18.8 Å². The van der Waals surface area contributed by atoms with Crippen LogP contribution in [0.5, 0.6) is 0 Å². The monoisotopic (exact) mass is 683 g/mol. The fraction of sp³-hybridized carbons (Fsp3) is 0.806. The lowest BCUT2D eigenvalue weighted by molar-refractivity contribution is -0.264. The molecule has 1 N–H and O–H groups in total. The van der Waals surface area contributed by atoms with Crippen LogP contribution in [0.1, 0.15) is 83.1 Å². The highest BCUT2D eigenvalue weighted by atomic mass is 19.4. The van der Waals surface area contributed by atoms with E-state index in [1.54, 1.807) is 0 Å². The summed E-state index contributed by atoms with van der Waals surface area (Å²) in [5, 5.41) is 1.50. The summed E-state index contributed by atoms with van der Waals surface area (Å²) < 4.78 is 73.6. The second-order valence-corrected chi connectivity index (χ2v) is 15.3. The molecule has 47 heavy (non-hydrogen) atoms. The van der Waals surface area contributed by atoms with Crippen LogP contribution in [0.4, 0.5) is 13.2 Å². The predicted octanol–water partition coefficient (Wildman–Crippen LogP) is 3.44. The van der Waals surface area contributed by atoms with Crippen LogP contribution in [-0.2, 0) is 57.2 Å². The van der Waals surface area contributed by atoms with Crippen LogP contribution in [0.2, 0.25) is 0 Å². The Morgan fingerprint density at radius 1 is 0.638 bits per heavy atom. The van der Waals surface area contributed by atoms with Crippen molar-refractivity contribution in [2.24, 2.45) is 21.7 Å². The molecule has 1 heterocycles. The minimum absolute atomic E-state index is 0.737. The van der Waals surface area contributed by atoms with Gasteiger partial charge in [-0.15, -0.1) is 0 Å². The minimum atomic E-state index is -5.48. The molecule has 1 rings (SSSR count). The van der Waals surface area contributed by atoms with E-state index in [-0.39, 0.29) is 0 Å². The van der Waals surface area contributed by atoms with Crippen LogP contribution in [0.3, 0.4) is 0 Å². The van der Waals surface area contributed by atoms with E-state index < -0.39 is 107 Å². The maximum absolute atomic E-state index is 13.4. The Labute approximate surface area is 272 Å². The van der Waals surface area contributed by atoms with Gasteiger partial charge in [0, 0.05) is 0 Å². The van der Waals surface area contributed by atoms with Crippen molar-refractivity contribution >= 4 is 35.8 Å². The van der Waals surface area contributed by atoms with Crippen molar-refractivity contribution in [2.45, 2.75) is 126 Å². The Morgan fingerprint density at radius 3 is 1.38 bits per heavy atom. The highest BCUT2D eigenvalue weighted by molar-refractivity contribution is 5.88. The Morgan fingerprint density at radius 2 is 1.02 bits per heavy atom. The SMILES string of the molecule is COC(=O)C(NC(=O)C(F)(F)F)[C@H]1O[C@H](COC(=O)C(C)(C)C)[C@@H](OC(=O)C(C)(C)C)[C@H](OC(=O)C(C)(C)C)[C@H]1OC(=O)C(C)(C)C. The van der Waals surface area contributed by atoms with E-state index in [1.165, 1.54) is 88.4 Å². The van der Waals surface area contributed by atoms with Gasteiger partial charge in [-0.3, -0.25) is 24.0 Å². The molecule has 0 aliphatic carbocycles. The van der Waals surface area contributed by atoms with Crippen molar-refractivity contribution in [3.63, 3.8) is 0 Å². The number of amides is 1. The van der Waals surface area contributed by atoms with Gasteiger partial charge in [-0.05, 0) is 83.1 Å². The third-order valence-electron chi connectivity index (χ3n) is 6.56. The second kappa shape index (κ2) is 14.8. The molecule has 1 amide bonds. The molecule has 0 radical (unpaired) electrons. The van der Waals surface area contributed by atoms with Gasteiger partial charge in [0.05, 0.1) is 28.8 Å². The molecule has 0 bridgehead atoms. The number of hydrogen-bond donors (Lipinski definition) is 1. The molecule has 1 saturated heterocycles. The quantitative estimate of drug-likeness (QED) is 0.293. The van der Waals surface area contributed by atoms with Crippen molar-refractivity contribution in [3.05, 3.63) is 0 Å². The van der Waals surface area contributed by atoms with Gasteiger partial charge in [0.15, 0.2) is 24.4 Å². The van der Waals surface area contributed by atoms with Crippen LogP contribution in [0, 0.1) is 21.7 Å². The molecule has 270 valence electrons. The zero-order valence-corrected chi connectivity index (χ0v) is 29.2. The predicted molar refractivity (Wildman–Crippen MR) is 157 cm³/mol. The van der Waals surface area contributed by atoms with E-state index in [0.29, 0.717) is 0 Å². The van der Waals surface area contributed by atoms with Gasteiger partial charge in [-0.1, -0.05) is 0 Å². The molecular weight excluding hydrogens is 635 g/mol. The zero-order chi connectivity index (χ0) is 37.1. The lowest BCUT2D eigenvalue weighted by Gasteiger charge is -2.47. The molecule has 0 spiro atoms. The maximum Gasteiger partial charge on any atom is 0.471 e. The first kappa shape index (κ1) is 41.6. The average molecular weight is 684 g/mol. The third kappa shape index (κ3) is 11.6. The standard InChI is InChI=1S/C31H48F3NO12/c1-27(2,3)23(38)43-14-15-17(45-24(39)28(4,5)6)19(46-25(40)29(7,8)9)20(47-26(41)30(10,11)12)18(44-15)16(21(36)42-13)35-22(37)31(32,33)34/h15-20H,14H2,1-13H3,(H,35,37)/t15-,16?,17-,18-,19+,20+/m1/s1. The van der Waals surface area contributed by atoms with E-state index in [4.69, 9.17) is 23.7 Å². The minimum Gasteiger partial charge on any atom is -0.467 e. The molecule has 0 aromatic carbocycles. The summed E-state index contributed by atoms with van der Waals surface area (Å²) in [5.74, 6) is -7.59. The number of rotatable bonds is 8. The summed E-state index contributed by atoms with van der Waals surface area (Å²) in [7, 11) is 0.821. The smallest absolute Gasteiger partial charge is 0.467 e. The van der Waals surface area contributed by atoms with Gasteiger partial charge in [0.2, 0.25) is 0 Å². The molecular formula is C31H48F3NO12. The van der Waals surface area contributed by atoms with Crippen LogP contribution >= 0.6 is 0 Å². The van der Waals surface area contributed by atoms with Gasteiger partial charge < -0.3 is 33.7 Å². The highest BCUT2D eigenvalue weighted by Gasteiger charge is 2.58. The van der Waals surface area contributed by atoms with Crippen molar-refractivity contribution in [1.82, 2.24) is 5.32 Å². The normalized spacial score (nSPS) is 23.1. The maximum atomic E-state index is 13.4. The van der Waals surface area contributed by atoms with Crippen LogP contribution < -0.4 is 5.32 Å². The van der Waals surface area contributed by atoms with E-state index in [0.717, 1.165) is 7.11 Å². The molecule has 16 heteroatoms. The van der Waals surface area contributed by atoms with E-state index >= 15 is 0 Å². The molecule has 1 unspecified atom stereocenters. The first-order valence-electron chi connectivity index (χ1n) is 14.8. The molecule has 0 aromatic rings. The molecule has 13 nitrogen and oxygen atoms in total. The van der Waals surface area contributed by atoms with Gasteiger partial charge in [-0.2, -0.15) is 13.2 Å². The largest absolute Gasteiger partial charge is 0.471 e. The fourth-order valence-electron chi connectivity index (χ4n) is 3.66. The first-order valence-corrected chi connectivity index (χ1v) is 14.8. The summed E-state index contributed by atoms with van der Waals surface area (Å²) in [6.45, 7) is 17.1. The molecule has 6 atom stereocenters. The molecule has 1 fully saturated rings. The molecule has 0 aromatic heterocycles. The molecule has 1 aliphatic rings. The number of carbonyl (C=O) groups excluding carboxylic acids is 6. The number of ether oxygens (including phenoxy) is 6. The van der Waals surface area contributed by atoms with Crippen molar-refractivity contribution < 1.29 is 70.4 Å². The summed E-state index contributed by atoms with van der Waals surface area (Å²) in [6, 6.07) is -2.33. The topological polar surface area (TPSA) is 170 Å². The van der Waals surface area contributed by atoms with Crippen LogP contribution in [-0.4, -0.2) is 92.2 Å². The van der Waals surface area contributed by atoms with E-state index in [2.05, 4.69) is 4.74 Å². The second-order valence-electron chi connectivity index (χ2n) is 15.3. The summed E-state index contributed by atoms with van der Waals surface area (Å²) in [5.41, 5.74) is -4.72. The number of carbonyl (C=O) groups is 6. The number of esters is 5.